The zero-order valence-electron chi connectivity index (χ0n) is 10.6. The molecule has 1 heterocycles. The van der Waals surface area contributed by atoms with Crippen molar-refractivity contribution in [2.45, 2.75) is 19.6 Å². The van der Waals surface area contributed by atoms with Crippen LogP contribution in [0.4, 0.5) is 0 Å². The van der Waals surface area contributed by atoms with Crippen molar-refractivity contribution in [1.82, 2.24) is 0 Å². The van der Waals surface area contributed by atoms with E-state index in [9.17, 15) is 0 Å². The van der Waals surface area contributed by atoms with Crippen LogP contribution in [0, 0.1) is 11.8 Å². The molecule has 0 aliphatic rings. The van der Waals surface area contributed by atoms with Gasteiger partial charge in [-0.3, -0.25) is 0 Å². The van der Waals surface area contributed by atoms with Crippen LogP contribution in [0.1, 0.15) is 22.4 Å². The maximum atomic E-state index is 8.68. The largest absolute Gasteiger partial charge is 0.395 e. The Morgan fingerprint density at radius 1 is 1.16 bits per heavy atom. The van der Waals surface area contributed by atoms with Crippen LogP contribution < -0.4 is 0 Å². The van der Waals surface area contributed by atoms with Crippen molar-refractivity contribution >= 4 is 11.3 Å². The second kappa shape index (κ2) is 7.75. The minimum Gasteiger partial charge on any atom is -0.395 e. The highest BCUT2D eigenvalue weighted by atomic mass is 32.1. The molecule has 0 saturated heterocycles. The second-order valence-electron chi connectivity index (χ2n) is 4.05. The van der Waals surface area contributed by atoms with Gasteiger partial charge < -0.3 is 9.84 Å². The predicted molar refractivity (Wildman–Crippen MR) is 77.8 cm³/mol. The molecule has 2 nitrogen and oxygen atoms in total. The van der Waals surface area contributed by atoms with Gasteiger partial charge in [0.1, 0.15) is 0 Å². The number of benzene rings is 1. The molecule has 0 aliphatic heterocycles. The Balaban J connectivity index is 1.87. The van der Waals surface area contributed by atoms with Crippen molar-refractivity contribution < 1.29 is 9.84 Å². The fraction of sp³-hybridized carbons (Fsp3) is 0.250. The van der Waals surface area contributed by atoms with E-state index >= 15 is 0 Å². The van der Waals surface area contributed by atoms with E-state index in [4.69, 9.17) is 9.84 Å². The van der Waals surface area contributed by atoms with Crippen LogP contribution in [-0.4, -0.2) is 11.7 Å². The van der Waals surface area contributed by atoms with E-state index in [2.05, 4.69) is 23.3 Å². The normalized spacial score (nSPS) is 9.95. The highest BCUT2D eigenvalue weighted by Gasteiger charge is 1.97. The highest BCUT2D eigenvalue weighted by molar-refractivity contribution is 7.09. The van der Waals surface area contributed by atoms with Gasteiger partial charge in [-0.2, -0.15) is 0 Å². The van der Waals surface area contributed by atoms with Crippen molar-refractivity contribution in [1.29, 1.82) is 0 Å². The Kier molecular flexibility index (Phi) is 5.64. The first-order valence-corrected chi connectivity index (χ1v) is 7.05. The molecule has 1 aromatic carbocycles. The number of thiophene rings is 1. The molecule has 0 unspecified atom stereocenters. The maximum absolute atomic E-state index is 8.68. The SMILES string of the molecule is OCCC#Cc1cccc(COCc2cccs2)c1. The predicted octanol–water partition coefficient (Wildman–Crippen LogP) is 3.20. The third-order valence-electron chi connectivity index (χ3n) is 2.49. The molecule has 1 N–H and O–H groups in total. The van der Waals surface area contributed by atoms with Gasteiger partial charge in [-0.1, -0.05) is 30.0 Å². The van der Waals surface area contributed by atoms with Crippen molar-refractivity contribution in [3.8, 4) is 11.8 Å². The van der Waals surface area contributed by atoms with Crippen LogP contribution in [-0.2, 0) is 18.0 Å². The Morgan fingerprint density at radius 2 is 2.11 bits per heavy atom. The molecular formula is C16H16O2S. The van der Waals surface area contributed by atoms with E-state index in [0.717, 1.165) is 11.1 Å². The number of ether oxygens (including phenoxy) is 1. The summed E-state index contributed by atoms with van der Waals surface area (Å²) in [6.45, 7) is 1.35. The zero-order valence-corrected chi connectivity index (χ0v) is 11.5. The summed E-state index contributed by atoms with van der Waals surface area (Å²) in [5.41, 5.74) is 2.08. The van der Waals surface area contributed by atoms with Gasteiger partial charge in [-0.05, 0) is 29.1 Å². The van der Waals surface area contributed by atoms with Crippen molar-refractivity contribution in [3.63, 3.8) is 0 Å². The standard InChI is InChI=1S/C16H16O2S/c17-9-2-1-5-14-6-3-7-15(11-14)12-18-13-16-8-4-10-19-16/h3-4,6-8,10-11,17H,2,9,12-13H2. The Bertz CT molecular complexity index is 550. The van der Waals surface area contributed by atoms with Gasteiger partial charge in [0.15, 0.2) is 0 Å². The summed E-state index contributed by atoms with van der Waals surface area (Å²) in [6.07, 6.45) is 0.513. The van der Waals surface area contributed by atoms with E-state index in [-0.39, 0.29) is 6.61 Å². The lowest BCUT2D eigenvalue weighted by molar-refractivity contribution is 0.109. The number of hydrogen-bond donors (Lipinski definition) is 1. The van der Waals surface area contributed by atoms with E-state index in [1.54, 1.807) is 11.3 Å². The molecule has 2 aromatic rings. The van der Waals surface area contributed by atoms with Gasteiger partial charge in [0.2, 0.25) is 0 Å². The highest BCUT2D eigenvalue weighted by Crippen LogP contribution is 2.12. The monoisotopic (exact) mass is 272 g/mol. The molecule has 19 heavy (non-hydrogen) atoms. The fourth-order valence-electron chi connectivity index (χ4n) is 1.62. The van der Waals surface area contributed by atoms with Gasteiger partial charge in [0.05, 0.1) is 19.8 Å². The van der Waals surface area contributed by atoms with E-state index < -0.39 is 0 Å². The third kappa shape index (κ3) is 4.88. The molecule has 0 fully saturated rings. The van der Waals surface area contributed by atoms with Gasteiger partial charge in [-0.25, -0.2) is 0 Å². The smallest absolute Gasteiger partial charge is 0.0813 e. The molecule has 0 bridgehead atoms. The minimum absolute atomic E-state index is 0.108. The topological polar surface area (TPSA) is 29.5 Å². The fourth-order valence-corrected chi connectivity index (χ4v) is 2.26. The number of aliphatic hydroxyl groups is 1. The van der Waals surface area contributed by atoms with Crippen LogP contribution in [0.15, 0.2) is 41.8 Å². The summed E-state index contributed by atoms with van der Waals surface area (Å²) >= 11 is 1.70. The minimum atomic E-state index is 0.108. The lowest BCUT2D eigenvalue weighted by Gasteiger charge is -2.03. The van der Waals surface area contributed by atoms with Crippen LogP contribution in [0.25, 0.3) is 0 Å². The zero-order chi connectivity index (χ0) is 13.3. The Labute approximate surface area is 117 Å². The first-order valence-electron chi connectivity index (χ1n) is 6.17. The molecule has 0 aliphatic carbocycles. The van der Waals surface area contributed by atoms with Gasteiger partial charge >= 0.3 is 0 Å². The average molecular weight is 272 g/mol. The first-order chi connectivity index (χ1) is 9.38. The van der Waals surface area contributed by atoms with Crippen molar-refractivity contribution in [3.05, 3.63) is 57.8 Å². The van der Waals surface area contributed by atoms with Crippen LogP contribution in [0.5, 0.6) is 0 Å². The second-order valence-corrected chi connectivity index (χ2v) is 5.08. The molecule has 1 aromatic heterocycles. The average Bonchev–Trinajstić information content (AvgIpc) is 2.93. The molecule has 0 spiro atoms. The van der Waals surface area contributed by atoms with Gasteiger partial charge in [-0.15, -0.1) is 11.3 Å². The van der Waals surface area contributed by atoms with Crippen molar-refractivity contribution in [2.24, 2.45) is 0 Å². The number of rotatable bonds is 5. The van der Waals surface area contributed by atoms with Crippen LogP contribution >= 0.6 is 11.3 Å². The quantitative estimate of drug-likeness (QED) is 0.847. The number of aliphatic hydroxyl groups excluding tert-OH is 1. The molecular weight excluding hydrogens is 256 g/mol. The van der Waals surface area contributed by atoms with E-state index in [0.29, 0.717) is 19.6 Å². The first kappa shape index (κ1) is 13.8. The molecule has 0 radical (unpaired) electrons. The van der Waals surface area contributed by atoms with Crippen LogP contribution in [0.2, 0.25) is 0 Å². The summed E-state index contributed by atoms with van der Waals surface area (Å²) in [6, 6.07) is 12.1. The lowest BCUT2D eigenvalue weighted by Crippen LogP contribution is -1.92. The summed E-state index contributed by atoms with van der Waals surface area (Å²) in [4.78, 5) is 1.24. The number of hydrogen-bond acceptors (Lipinski definition) is 3. The van der Waals surface area contributed by atoms with E-state index in [1.807, 2.05) is 30.3 Å². The third-order valence-corrected chi connectivity index (χ3v) is 3.34. The molecule has 3 heteroatoms. The van der Waals surface area contributed by atoms with Gasteiger partial charge in [0, 0.05) is 16.9 Å². The van der Waals surface area contributed by atoms with Gasteiger partial charge in [0.25, 0.3) is 0 Å². The summed E-state index contributed by atoms with van der Waals surface area (Å²) in [5.74, 6) is 5.94. The maximum Gasteiger partial charge on any atom is 0.0813 e. The molecule has 2 rings (SSSR count). The lowest BCUT2D eigenvalue weighted by atomic mass is 10.1. The van der Waals surface area contributed by atoms with Crippen LogP contribution in [0.3, 0.4) is 0 Å². The molecule has 98 valence electrons. The summed E-state index contributed by atoms with van der Waals surface area (Å²) < 4.78 is 5.67. The molecule has 0 amide bonds. The summed E-state index contributed by atoms with van der Waals surface area (Å²) in [7, 11) is 0. The van der Waals surface area contributed by atoms with E-state index in [1.165, 1.54) is 4.88 Å². The Morgan fingerprint density at radius 3 is 2.89 bits per heavy atom. The Hall–Kier alpha value is -1.60. The van der Waals surface area contributed by atoms with Crippen molar-refractivity contribution in [2.75, 3.05) is 6.61 Å². The molecule has 0 saturated carbocycles. The summed E-state index contributed by atoms with van der Waals surface area (Å²) in [5, 5.41) is 10.7. The molecule has 0 atom stereocenters.